The average Bonchev–Trinajstić information content (AvgIpc) is 3.07. The Morgan fingerprint density at radius 2 is 1.77 bits per heavy atom. The highest BCUT2D eigenvalue weighted by Crippen LogP contribution is 2.26. The predicted octanol–water partition coefficient (Wildman–Crippen LogP) is 3.56. The van der Waals surface area contributed by atoms with E-state index in [-0.39, 0.29) is 0 Å². The molecule has 0 aliphatic carbocycles. The van der Waals surface area contributed by atoms with Gasteiger partial charge in [0, 0.05) is 17.3 Å². The van der Waals surface area contributed by atoms with E-state index < -0.39 is 0 Å². The van der Waals surface area contributed by atoms with Gasteiger partial charge in [0.25, 0.3) is 0 Å². The van der Waals surface area contributed by atoms with Crippen molar-refractivity contribution >= 4 is 40.2 Å². The summed E-state index contributed by atoms with van der Waals surface area (Å²) in [5, 5.41) is 3.96. The van der Waals surface area contributed by atoms with Crippen LogP contribution >= 0.6 is 11.6 Å². The van der Waals surface area contributed by atoms with Gasteiger partial charge in [0.05, 0.1) is 6.33 Å². The van der Waals surface area contributed by atoms with Crippen LogP contribution in [0.5, 0.6) is 0 Å². The summed E-state index contributed by atoms with van der Waals surface area (Å²) in [5.74, 6) is 6.40. The van der Waals surface area contributed by atoms with Gasteiger partial charge in [-0.1, -0.05) is 41.9 Å². The third kappa shape index (κ3) is 3.30. The Morgan fingerprint density at radius 1 is 1.00 bits per heavy atom. The second-order valence-corrected chi connectivity index (χ2v) is 6.14. The normalized spacial score (nSPS) is 10.8. The standard InChI is InChI=1S/C18H16ClN7/c19-13-6-8-14(9-7-13)22-17-15-16(23-18(24-17)25-20)21-11-26(15)10-12-4-2-1-3-5-12/h1-9,11H,10,20H2,(H2,22,23,24,25). The molecule has 2 aromatic heterocycles. The van der Waals surface area contributed by atoms with Crippen LogP contribution in [0.1, 0.15) is 5.56 Å². The monoisotopic (exact) mass is 365 g/mol. The number of anilines is 3. The van der Waals surface area contributed by atoms with Crippen molar-refractivity contribution < 1.29 is 0 Å². The van der Waals surface area contributed by atoms with E-state index in [2.05, 4.69) is 37.8 Å². The van der Waals surface area contributed by atoms with E-state index in [1.165, 1.54) is 0 Å². The lowest BCUT2D eigenvalue weighted by atomic mass is 10.2. The van der Waals surface area contributed by atoms with E-state index in [0.717, 1.165) is 16.8 Å². The molecule has 0 saturated heterocycles. The molecule has 0 bridgehead atoms. The number of hydrogen-bond donors (Lipinski definition) is 3. The molecule has 4 aromatic rings. The Bertz CT molecular complexity index is 1030. The van der Waals surface area contributed by atoms with Gasteiger partial charge in [-0.05, 0) is 29.8 Å². The van der Waals surface area contributed by atoms with Gasteiger partial charge in [-0.25, -0.2) is 10.8 Å². The Morgan fingerprint density at radius 3 is 2.50 bits per heavy atom. The first kappa shape index (κ1) is 16.3. The largest absolute Gasteiger partial charge is 0.338 e. The van der Waals surface area contributed by atoms with Crippen LogP contribution in [0, 0.1) is 0 Å². The number of halogens is 1. The number of imidazole rings is 1. The van der Waals surface area contributed by atoms with Crippen LogP contribution in [0.25, 0.3) is 11.2 Å². The Balaban J connectivity index is 1.78. The van der Waals surface area contributed by atoms with Crippen molar-refractivity contribution in [2.45, 2.75) is 6.54 Å². The molecule has 0 radical (unpaired) electrons. The molecule has 4 N–H and O–H groups in total. The number of nitrogens with one attached hydrogen (secondary N) is 2. The highest BCUT2D eigenvalue weighted by molar-refractivity contribution is 6.30. The quantitative estimate of drug-likeness (QED) is 0.370. The first-order chi connectivity index (χ1) is 12.7. The fraction of sp³-hybridized carbons (Fsp3) is 0.0556. The number of hydrogen-bond acceptors (Lipinski definition) is 6. The Labute approximate surface area is 154 Å². The van der Waals surface area contributed by atoms with Crippen LogP contribution in [0.4, 0.5) is 17.5 Å². The SMILES string of the molecule is NNc1nc(Nc2ccc(Cl)cc2)c2c(ncn2Cc2ccccc2)n1. The molecule has 0 spiro atoms. The van der Waals surface area contributed by atoms with Crippen molar-refractivity contribution in [3.8, 4) is 0 Å². The first-order valence-electron chi connectivity index (χ1n) is 7.99. The summed E-state index contributed by atoms with van der Waals surface area (Å²) in [6.07, 6.45) is 1.75. The molecular weight excluding hydrogens is 350 g/mol. The van der Waals surface area contributed by atoms with Crippen molar-refractivity contribution in [3.63, 3.8) is 0 Å². The maximum absolute atomic E-state index is 5.96. The summed E-state index contributed by atoms with van der Waals surface area (Å²) in [5.41, 5.74) is 5.84. The highest BCUT2D eigenvalue weighted by Gasteiger charge is 2.14. The van der Waals surface area contributed by atoms with Gasteiger partial charge in [0.2, 0.25) is 5.95 Å². The van der Waals surface area contributed by atoms with E-state index >= 15 is 0 Å². The first-order valence-corrected chi connectivity index (χ1v) is 8.37. The molecular formula is C18H16ClN7. The van der Waals surface area contributed by atoms with Crippen LogP contribution in [-0.4, -0.2) is 19.5 Å². The van der Waals surface area contributed by atoms with Crippen LogP contribution < -0.4 is 16.6 Å². The molecule has 0 saturated carbocycles. The molecule has 4 rings (SSSR count). The summed E-state index contributed by atoms with van der Waals surface area (Å²) >= 11 is 5.96. The van der Waals surface area contributed by atoms with E-state index in [0.29, 0.717) is 29.0 Å². The third-order valence-electron chi connectivity index (χ3n) is 3.90. The van der Waals surface area contributed by atoms with Gasteiger partial charge in [0.1, 0.15) is 5.52 Å². The number of fused-ring (bicyclic) bond motifs is 1. The van der Waals surface area contributed by atoms with Gasteiger partial charge in [-0.15, -0.1) is 0 Å². The number of aromatic nitrogens is 4. The number of rotatable bonds is 5. The zero-order valence-corrected chi connectivity index (χ0v) is 14.5. The molecule has 0 fully saturated rings. The second-order valence-electron chi connectivity index (χ2n) is 5.70. The van der Waals surface area contributed by atoms with Crippen molar-refractivity contribution in [2.24, 2.45) is 5.84 Å². The van der Waals surface area contributed by atoms with Gasteiger partial charge in [0.15, 0.2) is 11.5 Å². The van der Waals surface area contributed by atoms with Crippen molar-refractivity contribution in [1.82, 2.24) is 19.5 Å². The molecule has 0 aliphatic heterocycles. The van der Waals surface area contributed by atoms with Gasteiger partial charge >= 0.3 is 0 Å². The zero-order chi connectivity index (χ0) is 17.9. The maximum Gasteiger partial charge on any atom is 0.241 e. The molecule has 0 amide bonds. The second kappa shape index (κ2) is 6.99. The van der Waals surface area contributed by atoms with Crippen LogP contribution in [0.3, 0.4) is 0 Å². The van der Waals surface area contributed by atoms with Gasteiger partial charge < -0.3 is 9.88 Å². The maximum atomic E-state index is 5.96. The molecule has 0 aliphatic rings. The number of nitrogen functional groups attached to an aromatic ring is 1. The topological polar surface area (TPSA) is 93.7 Å². The summed E-state index contributed by atoms with van der Waals surface area (Å²) < 4.78 is 2.00. The highest BCUT2D eigenvalue weighted by atomic mass is 35.5. The lowest BCUT2D eigenvalue weighted by Gasteiger charge is -2.11. The lowest BCUT2D eigenvalue weighted by molar-refractivity contribution is 0.824. The minimum absolute atomic E-state index is 0.291. The molecule has 8 heteroatoms. The smallest absolute Gasteiger partial charge is 0.241 e. The fourth-order valence-electron chi connectivity index (χ4n) is 2.70. The summed E-state index contributed by atoms with van der Waals surface area (Å²) in [4.78, 5) is 13.2. The summed E-state index contributed by atoms with van der Waals surface area (Å²) in [6, 6.07) is 17.5. The molecule has 2 heterocycles. The van der Waals surface area contributed by atoms with Crippen molar-refractivity contribution in [1.29, 1.82) is 0 Å². The fourth-order valence-corrected chi connectivity index (χ4v) is 2.83. The zero-order valence-electron chi connectivity index (χ0n) is 13.7. The predicted molar refractivity (Wildman–Crippen MR) is 103 cm³/mol. The van der Waals surface area contributed by atoms with Crippen molar-refractivity contribution in [2.75, 3.05) is 10.7 Å². The Kier molecular flexibility index (Phi) is 4.39. The van der Waals surface area contributed by atoms with E-state index in [1.54, 1.807) is 6.33 Å². The molecule has 2 aromatic carbocycles. The van der Waals surface area contributed by atoms with E-state index in [9.17, 15) is 0 Å². The molecule has 7 nitrogen and oxygen atoms in total. The number of nitrogens with two attached hydrogens (primary N) is 1. The van der Waals surface area contributed by atoms with Gasteiger partial charge in [-0.3, -0.25) is 5.43 Å². The number of hydrazine groups is 1. The summed E-state index contributed by atoms with van der Waals surface area (Å²) in [6.45, 7) is 0.658. The minimum atomic E-state index is 0.291. The summed E-state index contributed by atoms with van der Waals surface area (Å²) in [7, 11) is 0. The average molecular weight is 366 g/mol. The van der Waals surface area contributed by atoms with Crippen LogP contribution in [0.2, 0.25) is 5.02 Å². The van der Waals surface area contributed by atoms with E-state index in [4.69, 9.17) is 17.4 Å². The number of nitrogens with zero attached hydrogens (tertiary/aromatic N) is 4. The third-order valence-corrected chi connectivity index (χ3v) is 4.16. The van der Waals surface area contributed by atoms with Gasteiger partial charge in [-0.2, -0.15) is 9.97 Å². The molecule has 130 valence electrons. The van der Waals surface area contributed by atoms with Crippen LogP contribution in [-0.2, 0) is 6.54 Å². The number of benzene rings is 2. The van der Waals surface area contributed by atoms with Crippen molar-refractivity contribution in [3.05, 3.63) is 71.5 Å². The minimum Gasteiger partial charge on any atom is -0.338 e. The lowest BCUT2D eigenvalue weighted by Crippen LogP contribution is -2.12. The molecule has 26 heavy (non-hydrogen) atoms. The Hall–Kier alpha value is -3.16. The molecule has 0 unspecified atom stereocenters. The molecule has 0 atom stereocenters. The van der Waals surface area contributed by atoms with Crippen LogP contribution in [0.15, 0.2) is 60.9 Å². The van der Waals surface area contributed by atoms with E-state index in [1.807, 2.05) is 47.0 Å².